The van der Waals surface area contributed by atoms with Gasteiger partial charge in [-0.25, -0.2) is 9.97 Å². The van der Waals surface area contributed by atoms with Crippen molar-refractivity contribution in [3.8, 4) is 0 Å². The van der Waals surface area contributed by atoms with Gasteiger partial charge in [0.05, 0.1) is 17.0 Å². The predicted molar refractivity (Wildman–Crippen MR) is 94.2 cm³/mol. The van der Waals surface area contributed by atoms with E-state index in [9.17, 15) is 0 Å². The van der Waals surface area contributed by atoms with Crippen LogP contribution in [0.4, 0.5) is 11.6 Å². The Kier molecular flexibility index (Phi) is 3.73. The Balaban J connectivity index is 2.08. The zero-order valence-corrected chi connectivity index (χ0v) is 13.4. The molecule has 23 heavy (non-hydrogen) atoms. The van der Waals surface area contributed by atoms with Crippen molar-refractivity contribution in [1.82, 2.24) is 15.0 Å². The average molecular weight is 308 g/mol. The number of anilines is 2. The van der Waals surface area contributed by atoms with Crippen LogP contribution in [0.1, 0.15) is 30.7 Å². The van der Waals surface area contributed by atoms with Crippen LogP contribution in [0.3, 0.4) is 0 Å². The van der Waals surface area contributed by atoms with Crippen LogP contribution in [-0.4, -0.2) is 26.7 Å². The number of aromatic nitrogens is 3. The minimum absolute atomic E-state index is 0.182. The zero-order chi connectivity index (χ0) is 16.6. The Morgan fingerprint density at radius 2 is 2.04 bits per heavy atom. The maximum absolute atomic E-state index is 8.55. The van der Waals surface area contributed by atoms with Crippen LogP contribution in [0.5, 0.6) is 0 Å². The number of nitrogens with one attached hydrogen (secondary N) is 3. The summed E-state index contributed by atoms with van der Waals surface area (Å²) in [5.41, 5.74) is 9.67. The normalized spacial score (nSPS) is 11.1. The fraction of sp³-hybridized carbons (Fsp3) is 0.235. The number of benzene rings is 1. The molecule has 0 unspecified atom stereocenters. The summed E-state index contributed by atoms with van der Waals surface area (Å²) in [6, 6.07) is 8.27. The van der Waals surface area contributed by atoms with E-state index in [0.717, 1.165) is 10.9 Å². The summed E-state index contributed by atoms with van der Waals surface area (Å²) in [7, 11) is 0. The van der Waals surface area contributed by atoms with E-state index in [1.165, 1.54) is 11.9 Å². The molecule has 0 aliphatic heterocycles. The van der Waals surface area contributed by atoms with Gasteiger partial charge in [-0.15, -0.1) is 0 Å². The third-order valence-corrected chi connectivity index (χ3v) is 3.60. The fourth-order valence-corrected chi connectivity index (χ4v) is 2.55. The third-order valence-electron chi connectivity index (χ3n) is 3.60. The summed E-state index contributed by atoms with van der Waals surface area (Å²) in [5.74, 6) is 0.871. The van der Waals surface area contributed by atoms with Crippen LogP contribution >= 0.6 is 0 Å². The van der Waals surface area contributed by atoms with Crippen LogP contribution < -0.4 is 11.1 Å². The molecule has 0 saturated heterocycles. The Hall–Kier alpha value is -2.89. The average Bonchev–Trinajstić information content (AvgIpc) is 2.89. The molecule has 118 valence electrons. The van der Waals surface area contributed by atoms with Crippen LogP contribution in [0, 0.1) is 12.3 Å². The Morgan fingerprint density at radius 1 is 1.26 bits per heavy atom. The van der Waals surface area contributed by atoms with Gasteiger partial charge in [0.2, 0.25) is 0 Å². The second-order valence-corrected chi connectivity index (χ2v) is 5.93. The van der Waals surface area contributed by atoms with Crippen LogP contribution in [-0.2, 0) is 0 Å². The second kappa shape index (κ2) is 5.72. The molecule has 0 spiro atoms. The summed E-state index contributed by atoms with van der Waals surface area (Å²) in [4.78, 5) is 11.5. The first kappa shape index (κ1) is 15.0. The summed E-state index contributed by atoms with van der Waals surface area (Å²) in [5, 5.41) is 12.8. The van der Waals surface area contributed by atoms with E-state index in [2.05, 4.69) is 26.3 Å². The number of aromatic amines is 1. The molecule has 3 aromatic rings. The van der Waals surface area contributed by atoms with Crippen molar-refractivity contribution in [2.75, 3.05) is 11.1 Å². The van der Waals surface area contributed by atoms with Crippen molar-refractivity contribution in [2.45, 2.75) is 26.8 Å². The largest absolute Gasteiger partial charge is 0.383 e. The lowest BCUT2D eigenvalue weighted by molar-refractivity contribution is 0.885. The highest BCUT2D eigenvalue weighted by Crippen LogP contribution is 2.24. The van der Waals surface area contributed by atoms with Gasteiger partial charge in [0, 0.05) is 16.9 Å². The standard InChI is InChI=1S/C17H20N6/c1-9(2)22-17-14(16(19)20-8-21-17)15(18)13-7-11-6-10(3)4-5-12(11)23-13/h4-9,18,23H,1-3H3,(H3,19,20,21,22). The molecule has 6 heteroatoms. The van der Waals surface area contributed by atoms with Crippen molar-refractivity contribution < 1.29 is 0 Å². The van der Waals surface area contributed by atoms with Gasteiger partial charge in [-0.2, -0.15) is 0 Å². The number of H-pyrrole nitrogens is 1. The van der Waals surface area contributed by atoms with E-state index < -0.39 is 0 Å². The number of nitrogen functional groups attached to an aromatic ring is 1. The number of nitrogens with zero attached hydrogens (tertiary/aromatic N) is 2. The maximum atomic E-state index is 8.55. The number of nitrogens with two attached hydrogens (primary N) is 1. The van der Waals surface area contributed by atoms with Gasteiger partial charge in [-0.05, 0) is 39.0 Å². The molecular weight excluding hydrogens is 288 g/mol. The highest BCUT2D eigenvalue weighted by molar-refractivity contribution is 6.16. The highest BCUT2D eigenvalue weighted by atomic mass is 15.1. The van der Waals surface area contributed by atoms with E-state index in [4.69, 9.17) is 11.1 Å². The lowest BCUT2D eigenvalue weighted by atomic mass is 10.1. The molecule has 5 N–H and O–H groups in total. The molecule has 0 fully saturated rings. The van der Waals surface area contributed by atoms with E-state index in [-0.39, 0.29) is 11.8 Å². The zero-order valence-electron chi connectivity index (χ0n) is 13.4. The quantitative estimate of drug-likeness (QED) is 0.556. The van der Waals surface area contributed by atoms with Gasteiger partial charge in [0.15, 0.2) is 0 Å². The minimum atomic E-state index is 0.182. The summed E-state index contributed by atoms with van der Waals surface area (Å²) >= 11 is 0. The number of rotatable bonds is 4. The number of aryl methyl sites for hydroxylation is 1. The predicted octanol–water partition coefficient (Wildman–Crippen LogP) is 3.08. The third kappa shape index (κ3) is 2.88. The first-order valence-corrected chi connectivity index (χ1v) is 7.51. The summed E-state index contributed by atoms with van der Waals surface area (Å²) in [6.07, 6.45) is 1.41. The van der Waals surface area contributed by atoms with Gasteiger partial charge in [-0.3, -0.25) is 5.41 Å². The van der Waals surface area contributed by atoms with Crippen LogP contribution in [0.2, 0.25) is 0 Å². The van der Waals surface area contributed by atoms with E-state index in [0.29, 0.717) is 22.9 Å². The van der Waals surface area contributed by atoms with Crippen molar-refractivity contribution in [3.05, 3.63) is 47.4 Å². The Labute approximate surface area is 134 Å². The van der Waals surface area contributed by atoms with Crippen molar-refractivity contribution >= 4 is 28.3 Å². The van der Waals surface area contributed by atoms with Gasteiger partial charge in [-0.1, -0.05) is 11.6 Å². The molecule has 0 aliphatic rings. The van der Waals surface area contributed by atoms with Crippen LogP contribution in [0.25, 0.3) is 10.9 Å². The first-order valence-electron chi connectivity index (χ1n) is 7.51. The molecule has 0 atom stereocenters. The Bertz CT molecular complexity index is 878. The molecule has 0 radical (unpaired) electrons. The van der Waals surface area contributed by atoms with Crippen molar-refractivity contribution in [3.63, 3.8) is 0 Å². The van der Waals surface area contributed by atoms with Gasteiger partial charge < -0.3 is 16.0 Å². The van der Waals surface area contributed by atoms with E-state index in [1.807, 2.05) is 39.0 Å². The summed E-state index contributed by atoms with van der Waals surface area (Å²) in [6.45, 7) is 6.07. The molecule has 1 aromatic carbocycles. The van der Waals surface area contributed by atoms with Gasteiger partial charge in [0.25, 0.3) is 0 Å². The van der Waals surface area contributed by atoms with E-state index >= 15 is 0 Å². The van der Waals surface area contributed by atoms with Crippen LogP contribution in [0.15, 0.2) is 30.6 Å². The number of hydrogen-bond acceptors (Lipinski definition) is 5. The van der Waals surface area contributed by atoms with Crippen molar-refractivity contribution in [2.24, 2.45) is 0 Å². The smallest absolute Gasteiger partial charge is 0.141 e. The summed E-state index contributed by atoms with van der Waals surface area (Å²) < 4.78 is 0. The molecule has 2 aromatic heterocycles. The topological polar surface area (TPSA) is 103 Å². The number of hydrogen-bond donors (Lipinski definition) is 4. The van der Waals surface area contributed by atoms with E-state index in [1.54, 1.807) is 0 Å². The highest BCUT2D eigenvalue weighted by Gasteiger charge is 2.18. The molecule has 0 amide bonds. The van der Waals surface area contributed by atoms with Crippen molar-refractivity contribution in [1.29, 1.82) is 5.41 Å². The fourth-order valence-electron chi connectivity index (χ4n) is 2.55. The molecule has 0 aliphatic carbocycles. The Morgan fingerprint density at radius 3 is 2.78 bits per heavy atom. The van der Waals surface area contributed by atoms with Gasteiger partial charge in [0.1, 0.15) is 18.0 Å². The molecule has 0 bridgehead atoms. The SMILES string of the molecule is Cc1ccc2[nH]c(C(=N)c3c(N)ncnc3NC(C)C)cc2c1. The number of fused-ring (bicyclic) bond motifs is 1. The minimum Gasteiger partial charge on any atom is -0.383 e. The first-order chi connectivity index (χ1) is 11.0. The second-order valence-electron chi connectivity index (χ2n) is 5.93. The molecule has 0 saturated carbocycles. The monoisotopic (exact) mass is 308 g/mol. The molecule has 3 rings (SSSR count). The van der Waals surface area contributed by atoms with Gasteiger partial charge >= 0.3 is 0 Å². The molecule has 6 nitrogen and oxygen atoms in total. The molecular formula is C17H20N6. The molecule has 2 heterocycles. The maximum Gasteiger partial charge on any atom is 0.141 e. The lowest BCUT2D eigenvalue weighted by Crippen LogP contribution is -2.18. The lowest BCUT2D eigenvalue weighted by Gasteiger charge is -2.14.